The van der Waals surface area contributed by atoms with E-state index in [1.807, 2.05) is 7.05 Å². The minimum absolute atomic E-state index is 0.0523. The van der Waals surface area contributed by atoms with Crippen LogP contribution in [0.3, 0.4) is 0 Å². The molecular weight excluding hydrogens is 356 g/mol. The van der Waals surface area contributed by atoms with Crippen molar-refractivity contribution in [2.45, 2.75) is 17.7 Å². The first-order valence-corrected chi connectivity index (χ1v) is 10.2. The summed E-state index contributed by atoms with van der Waals surface area (Å²) >= 11 is 0. The van der Waals surface area contributed by atoms with Gasteiger partial charge in [0.05, 0.1) is 11.4 Å². The van der Waals surface area contributed by atoms with Crippen LogP contribution in [0.5, 0.6) is 0 Å². The van der Waals surface area contributed by atoms with Crippen LogP contribution in [0.15, 0.2) is 29.2 Å². The van der Waals surface area contributed by atoms with Crippen LogP contribution < -0.4 is 9.62 Å². The van der Waals surface area contributed by atoms with Crippen molar-refractivity contribution in [2.24, 2.45) is 0 Å². The number of nitrogens with zero attached hydrogens (tertiary/aromatic N) is 3. The molecule has 142 valence electrons. The second-order valence-electron chi connectivity index (χ2n) is 6.65. The van der Waals surface area contributed by atoms with E-state index in [1.54, 1.807) is 21.9 Å². The standard InChI is InChI=1S/C17H24N4O4S/c1-19-9-11-20(12-10-19)17(23)13-18-26(24,25)15-6-4-14(5-7-15)21-8-2-3-16(21)22/h4-7,18H,2-3,8-13H2,1H3. The molecular formula is C17H24N4O4S. The van der Waals surface area contributed by atoms with Gasteiger partial charge in [-0.15, -0.1) is 0 Å². The third-order valence-electron chi connectivity index (χ3n) is 4.80. The summed E-state index contributed by atoms with van der Waals surface area (Å²) in [7, 11) is -1.78. The van der Waals surface area contributed by atoms with Crippen LogP contribution in [0.1, 0.15) is 12.8 Å². The molecule has 1 N–H and O–H groups in total. The molecule has 0 spiro atoms. The number of anilines is 1. The Kier molecular flexibility index (Phi) is 5.59. The number of likely N-dealkylation sites (N-methyl/N-ethyl adjacent to an activating group) is 1. The van der Waals surface area contributed by atoms with Gasteiger partial charge in [-0.25, -0.2) is 13.1 Å². The molecule has 2 amide bonds. The highest BCUT2D eigenvalue weighted by Crippen LogP contribution is 2.22. The first-order valence-electron chi connectivity index (χ1n) is 8.73. The lowest BCUT2D eigenvalue weighted by Gasteiger charge is -2.32. The lowest BCUT2D eigenvalue weighted by atomic mass is 10.3. The molecule has 2 heterocycles. The van der Waals surface area contributed by atoms with Crippen LogP contribution in [0.4, 0.5) is 5.69 Å². The van der Waals surface area contributed by atoms with E-state index in [2.05, 4.69) is 9.62 Å². The average Bonchev–Trinajstić information content (AvgIpc) is 3.06. The number of sulfonamides is 1. The molecule has 0 bridgehead atoms. The highest BCUT2D eigenvalue weighted by Gasteiger charge is 2.24. The summed E-state index contributed by atoms with van der Waals surface area (Å²) in [6, 6.07) is 6.17. The molecule has 0 saturated carbocycles. The molecule has 0 radical (unpaired) electrons. The topological polar surface area (TPSA) is 90.0 Å². The fourth-order valence-electron chi connectivity index (χ4n) is 3.13. The molecule has 0 aromatic heterocycles. The fraction of sp³-hybridized carbons (Fsp3) is 0.529. The van der Waals surface area contributed by atoms with Crippen LogP contribution in [0.2, 0.25) is 0 Å². The van der Waals surface area contributed by atoms with E-state index >= 15 is 0 Å². The van der Waals surface area contributed by atoms with Gasteiger partial charge in [-0.1, -0.05) is 0 Å². The monoisotopic (exact) mass is 380 g/mol. The third-order valence-corrected chi connectivity index (χ3v) is 6.22. The van der Waals surface area contributed by atoms with Gasteiger partial charge in [0.25, 0.3) is 0 Å². The molecule has 2 aliphatic heterocycles. The zero-order valence-electron chi connectivity index (χ0n) is 14.8. The van der Waals surface area contributed by atoms with Crippen LogP contribution in [0.25, 0.3) is 0 Å². The van der Waals surface area contributed by atoms with Crippen LogP contribution >= 0.6 is 0 Å². The van der Waals surface area contributed by atoms with E-state index in [0.29, 0.717) is 31.7 Å². The molecule has 9 heteroatoms. The smallest absolute Gasteiger partial charge is 0.241 e. The number of hydrogen-bond acceptors (Lipinski definition) is 5. The first-order chi connectivity index (χ1) is 12.4. The lowest BCUT2D eigenvalue weighted by Crippen LogP contribution is -2.50. The summed E-state index contributed by atoms with van der Waals surface area (Å²) in [5.74, 6) is -0.169. The summed E-state index contributed by atoms with van der Waals surface area (Å²) in [6.45, 7) is 3.19. The van der Waals surface area contributed by atoms with Crippen molar-refractivity contribution in [3.05, 3.63) is 24.3 Å². The summed E-state index contributed by atoms with van der Waals surface area (Å²) < 4.78 is 27.2. The maximum absolute atomic E-state index is 12.4. The van der Waals surface area contributed by atoms with Crippen LogP contribution in [0, 0.1) is 0 Å². The Labute approximate surface area is 153 Å². The number of hydrogen-bond donors (Lipinski definition) is 1. The molecule has 2 saturated heterocycles. The van der Waals surface area contributed by atoms with E-state index in [4.69, 9.17) is 0 Å². The van der Waals surface area contributed by atoms with Crippen molar-refractivity contribution in [1.82, 2.24) is 14.5 Å². The van der Waals surface area contributed by atoms with Gasteiger partial charge in [0.15, 0.2) is 0 Å². The quantitative estimate of drug-likeness (QED) is 0.768. The van der Waals surface area contributed by atoms with Crippen molar-refractivity contribution in [3.63, 3.8) is 0 Å². The Balaban J connectivity index is 1.59. The van der Waals surface area contributed by atoms with Crippen molar-refractivity contribution >= 4 is 27.5 Å². The van der Waals surface area contributed by atoms with Crippen molar-refractivity contribution < 1.29 is 18.0 Å². The SMILES string of the molecule is CN1CCN(C(=O)CNS(=O)(=O)c2ccc(N3CCCC3=O)cc2)CC1. The minimum Gasteiger partial charge on any atom is -0.339 e. The zero-order valence-corrected chi connectivity index (χ0v) is 15.7. The zero-order chi connectivity index (χ0) is 18.7. The maximum Gasteiger partial charge on any atom is 0.241 e. The highest BCUT2D eigenvalue weighted by atomic mass is 32.2. The van der Waals surface area contributed by atoms with Gasteiger partial charge >= 0.3 is 0 Å². The Morgan fingerprint density at radius 2 is 1.73 bits per heavy atom. The van der Waals surface area contributed by atoms with Gasteiger partial charge in [-0.2, -0.15) is 0 Å². The molecule has 0 atom stereocenters. The molecule has 8 nitrogen and oxygen atoms in total. The Bertz CT molecular complexity index is 770. The molecule has 3 rings (SSSR count). The summed E-state index contributed by atoms with van der Waals surface area (Å²) in [5.41, 5.74) is 0.694. The van der Waals surface area contributed by atoms with E-state index in [0.717, 1.165) is 19.5 Å². The summed E-state index contributed by atoms with van der Waals surface area (Å²) in [6.07, 6.45) is 1.34. The van der Waals surface area contributed by atoms with Crippen molar-refractivity contribution in [1.29, 1.82) is 0 Å². The van der Waals surface area contributed by atoms with Gasteiger partial charge < -0.3 is 14.7 Å². The molecule has 26 heavy (non-hydrogen) atoms. The number of rotatable bonds is 5. The molecule has 0 aliphatic carbocycles. The van der Waals surface area contributed by atoms with Crippen LogP contribution in [-0.4, -0.2) is 76.3 Å². The summed E-state index contributed by atoms with van der Waals surface area (Å²) in [5, 5.41) is 0. The molecule has 1 aromatic rings. The van der Waals surface area contributed by atoms with Gasteiger partial charge in [0, 0.05) is 44.8 Å². The molecule has 2 aliphatic rings. The second kappa shape index (κ2) is 7.73. The first kappa shape index (κ1) is 18.8. The number of nitrogens with one attached hydrogen (secondary N) is 1. The van der Waals surface area contributed by atoms with E-state index in [9.17, 15) is 18.0 Å². The number of benzene rings is 1. The maximum atomic E-state index is 12.4. The second-order valence-corrected chi connectivity index (χ2v) is 8.42. The predicted octanol–water partition coefficient (Wildman–Crippen LogP) is -0.134. The normalized spacial score (nSPS) is 19.2. The van der Waals surface area contributed by atoms with E-state index < -0.39 is 10.0 Å². The largest absolute Gasteiger partial charge is 0.339 e. The Hall–Kier alpha value is -1.97. The number of carbonyl (C=O) groups excluding carboxylic acids is 2. The van der Waals surface area contributed by atoms with Crippen molar-refractivity contribution in [3.8, 4) is 0 Å². The Morgan fingerprint density at radius 1 is 1.08 bits per heavy atom. The summed E-state index contributed by atoms with van der Waals surface area (Å²) in [4.78, 5) is 29.5. The van der Waals surface area contributed by atoms with Crippen LogP contribution in [-0.2, 0) is 19.6 Å². The number of amides is 2. The minimum atomic E-state index is -3.77. The highest BCUT2D eigenvalue weighted by molar-refractivity contribution is 7.89. The average molecular weight is 380 g/mol. The van der Waals surface area contributed by atoms with E-state index in [-0.39, 0.29) is 23.3 Å². The van der Waals surface area contributed by atoms with E-state index in [1.165, 1.54) is 12.1 Å². The van der Waals surface area contributed by atoms with Gasteiger partial charge in [-0.05, 0) is 37.7 Å². The predicted molar refractivity (Wildman–Crippen MR) is 97.3 cm³/mol. The molecule has 2 fully saturated rings. The third kappa shape index (κ3) is 4.22. The van der Waals surface area contributed by atoms with Gasteiger partial charge in [0.1, 0.15) is 0 Å². The molecule has 0 unspecified atom stereocenters. The van der Waals surface area contributed by atoms with Gasteiger partial charge in [-0.3, -0.25) is 9.59 Å². The van der Waals surface area contributed by atoms with Crippen molar-refractivity contribution in [2.75, 3.05) is 51.2 Å². The Morgan fingerprint density at radius 3 is 2.31 bits per heavy atom. The molecule has 1 aromatic carbocycles. The van der Waals surface area contributed by atoms with Gasteiger partial charge in [0.2, 0.25) is 21.8 Å². The fourth-order valence-corrected chi connectivity index (χ4v) is 4.11. The number of piperazine rings is 1. The number of carbonyl (C=O) groups is 2. The lowest BCUT2D eigenvalue weighted by molar-refractivity contribution is -0.131.